The number of aliphatic hydroxyl groups is 1. The number of likely N-dealkylation sites (N-methyl/N-ethyl adjacent to an activating group) is 1. The van der Waals surface area contributed by atoms with Crippen molar-refractivity contribution < 1.29 is 66.2 Å². The summed E-state index contributed by atoms with van der Waals surface area (Å²) < 4.78 is 64.2. The Hall–Kier alpha value is -5.16. The van der Waals surface area contributed by atoms with Gasteiger partial charge in [-0.05, 0) is 149 Å². The quantitative estimate of drug-likeness (QED) is 0.0378. The second-order valence-electron chi connectivity index (χ2n) is 25.0. The summed E-state index contributed by atoms with van der Waals surface area (Å²) in [5.74, 6) is 9.75. The number of amides is 1. The lowest BCUT2D eigenvalue weighted by Gasteiger charge is -2.48. The fourth-order valence-electron chi connectivity index (χ4n) is 10.1. The molecular formula is C64H89BrClN3O14Si2. The number of methoxy groups -OCH3 is 2. The average Bonchev–Trinajstić information content (AvgIpc) is 1.40. The lowest BCUT2D eigenvalue weighted by Crippen LogP contribution is -2.60. The molecule has 21 heteroatoms. The number of hydrogen-bond acceptors (Lipinski definition) is 16. The van der Waals surface area contributed by atoms with Crippen LogP contribution in [0, 0.1) is 41.9 Å². The lowest BCUT2D eigenvalue weighted by molar-refractivity contribution is -0.267. The third-order valence-electron chi connectivity index (χ3n) is 16.0. The van der Waals surface area contributed by atoms with Gasteiger partial charge in [0.15, 0.2) is 57.0 Å². The minimum Gasteiger partial charge on any atom is -0.492 e. The zero-order valence-corrected chi connectivity index (χ0v) is 57.4. The first-order valence-electron chi connectivity index (χ1n) is 28.9. The number of rotatable bonds is 19. The summed E-state index contributed by atoms with van der Waals surface area (Å²) in [5.41, 5.74) is -2.91. The number of allylic oxidation sites excluding steroid dienone is 1. The van der Waals surface area contributed by atoms with Gasteiger partial charge in [-0.1, -0.05) is 77.8 Å². The number of aromatic nitrogens is 1. The van der Waals surface area contributed by atoms with E-state index in [0.717, 1.165) is 12.1 Å². The van der Waals surface area contributed by atoms with Gasteiger partial charge in [0, 0.05) is 11.8 Å². The highest BCUT2D eigenvalue weighted by Gasteiger charge is 2.48. The largest absolute Gasteiger partial charge is 0.492 e. The fraction of sp³-hybridized carbons (Fsp3) is 0.594. The van der Waals surface area contributed by atoms with E-state index in [1.54, 1.807) is 32.9 Å². The molecule has 6 rings (SSSR count). The summed E-state index contributed by atoms with van der Waals surface area (Å²) in [5, 5.41) is 16.2. The number of nitrogens with one attached hydrogen (secondary N) is 1. The highest BCUT2D eigenvalue weighted by molar-refractivity contribution is 9.12. The number of fused-ring (bicyclic) bond motifs is 13. The van der Waals surface area contributed by atoms with Crippen LogP contribution in [-0.2, 0) is 32.7 Å². The van der Waals surface area contributed by atoms with Gasteiger partial charge in [-0.15, -0.1) is 18.8 Å². The lowest BCUT2D eigenvalue weighted by atomic mass is 9.93. The van der Waals surface area contributed by atoms with E-state index in [9.17, 15) is 14.7 Å². The summed E-state index contributed by atoms with van der Waals surface area (Å²) in [4.78, 5) is 50.3. The van der Waals surface area contributed by atoms with Crippen molar-refractivity contribution in [1.29, 1.82) is 0 Å². The van der Waals surface area contributed by atoms with Crippen LogP contribution in [0.4, 0.5) is 0 Å². The molecule has 2 aromatic carbocycles. The number of pyridine rings is 1. The monoisotopic (exact) mass is 1290 g/mol. The van der Waals surface area contributed by atoms with E-state index in [0.29, 0.717) is 22.1 Å². The Morgan fingerprint density at radius 1 is 1.02 bits per heavy atom. The first kappa shape index (κ1) is 70.6. The maximum Gasteiger partial charge on any atom is 0.316 e. The molecule has 17 nitrogen and oxygen atoms in total. The smallest absolute Gasteiger partial charge is 0.316 e. The number of ether oxygens (including phenoxy) is 8. The predicted octanol–water partition coefficient (Wildman–Crippen LogP) is 12.1. The minimum atomic E-state index is -2.59. The van der Waals surface area contributed by atoms with E-state index in [-0.39, 0.29) is 80.0 Å². The maximum absolute atomic E-state index is 15.2. The molecule has 2 N–H and O–H groups in total. The molecule has 0 radical (unpaired) electrons. The second kappa shape index (κ2) is 29.2. The van der Waals surface area contributed by atoms with Crippen molar-refractivity contribution in [2.75, 3.05) is 34.9 Å². The number of carbonyl (C=O) groups is 3. The standard InChI is InChI=1S/C64H89BrClN3O14Si2/c1-22-29-64(73)30-28-42(65)33-50(47(23-2)82-84(20,21)63(13,14)15)79-48-27-26-45(67-59(48)66)46(35-54(70)76-37-53(64)81-55-36-51(56(69(16)17)40(9)78-55)83-85(24-3,25-4)39(7)8)68-60(71)44-34-43-41(31-49(44)80-61(72)62(10,11)12)32-52(77-38(5)6)58(75-19)57(43)74-18/h1-2,26-27,31-34,38-40,46-47,50-51,53,55-56,73H,24-25,29,35-37H2,3-21H3,(H,68,71)/b42-33+/t40-,46+,47-,50-,51-,53+,55-,56+,64+/m0/s1. The third-order valence-corrected chi connectivity index (χ3v) is 26.4. The van der Waals surface area contributed by atoms with Gasteiger partial charge in [0.05, 0.1) is 78.6 Å². The second-order valence-corrected chi connectivity index (χ2v) is 35.9. The van der Waals surface area contributed by atoms with Crippen molar-refractivity contribution in [2.45, 2.75) is 206 Å². The zero-order valence-electron chi connectivity index (χ0n) is 53.0. The van der Waals surface area contributed by atoms with Crippen molar-refractivity contribution >= 4 is 72.8 Å². The number of halogens is 2. The summed E-state index contributed by atoms with van der Waals surface area (Å²) in [7, 11) is 2.00. The SMILES string of the molecule is C#CC[C@@]1(O)C#C/C(Br)=C\[C@@H]([C@H](C#C)O[Si](C)(C)C(C)(C)C)Oc2ccc(nc2Cl)[C@H](NC(=O)c2cc3c(OC)c(OC)c(OC(C)C)cc3cc2OC(=O)C(C)(C)C)CC(=O)OC[C@H]1O[C@H]1C[C@H](O[Si](CC)(CC)C(C)C)[C@H](N(C)C)[C@H](C)O1. The number of hydrogen-bond donors (Lipinski definition) is 2. The molecule has 0 spiro atoms. The molecule has 1 amide bonds. The molecule has 9 atom stereocenters. The van der Waals surface area contributed by atoms with Crippen molar-refractivity contribution in [3.05, 3.63) is 57.3 Å². The first-order valence-corrected chi connectivity index (χ1v) is 35.4. The van der Waals surface area contributed by atoms with Crippen molar-refractivity contribution in [3.8, 4) is 65.3 Å². The Kier molecular flexibility index (Phi) is 24.3. The van der Waals surface area contributed by atoms with E-state index < -0.39 is 95.3 Å². The van der Waals surface area contributed by atoms with Crippen LogP contribution in [0.2, 0.25) is 40.9 Å². The number of nitrogens with zero attached hydrogens (tertiary/aromatic N) is 2. The molecule has 1 saturated heterocycles. The highest BCUT2D eigenvalue weighted by atomic mass is 79.9. The number of carbonyl (C=O) groups excluding carboxylic acids is 3. The predicted molar refractivity (Wildman–Crippen MR) is 339 cm³/mol. The molecule has 3 aliphatic heterocycles. The van der Waals surface area contributed by atoms with Crippen molar-refractivity contribution in [2.24, 2.45) is 5.41 Å². The van der Waals surface area contributed by atoms with Crippen LogP contribution in [0.3, 0.4) is 0 Å². The normalized spacial score (nSPS) is 23.7. The molecule has 2 bridgehead atoms. The Morgan fingerprint density at radius 3 is 2.21 bits per heavy atom. The fourth-order valence-corrected chi connectivity index (χ4v) is 15.4. The summed E-state index contributed by atoms with van der Waals surface area (Å²) in [6.07, 6.45) is 7.65. The molecule has 1 aromatic heterocycles. The number of terminal acetylenes is 2. The van der Waals surface area contributed by atoms with E-state index in [1.165, 1.54) is 38.5 Å². The van der Waals surface area contributed by atoms with Crippen molar-refractivity contribution in [1.82, 2.24) is 15.2 Å². The Bertz CT molecular complexity index is 3060. The van der Waals surface area contributed by atoms with E-state index in [1.807, 2.05) is 34.9 Å². The van der Waals surface area contributed by atoms with Crippen LogP contribution in [0.15, 0.2) is 40.9 Å². The van der Waals surface area contributed by atoms with Crippen LogP contribution in [0.25, 0.3) is 10.8 Å². The molecule has 85 heavy (non-hydrogen) atoms. The molecular weight excluding hydrogens is 1210 g/mol. The van der Waals surface area contributed by atoms with Gasteiger partial charge in [-0.2, -0.15) is 0 Å². The molecule has 0 saturated carbocycles. The summed E-state index contributed by atoms with van der Waals surface area (Å²) in [6, 6.07) is 8.13. The number of esters is 2. The van der Waals surface area contributed by atoms with E-state index in [4.69, 9.17) is 76.2 Å². The average molecular weight is 1300 g/mol. The van der Waals surface area contributed by atoms with Crippen LogP contribution < -0.4 is 29.0 Å². The Labute approximate surface area is 519 Å². The van der Waals surface area contributed by atoms with E-state index >= 15 is 4.79 Å². The number of benzene rings is 2. The van der Waals surface area contributed by atoms with Gasteiger partial charge < -0.3 is 62.1 Å². The Morgan fingerprint density at radius 2 is 1.67 bits per heavy atom. The van der Waals surface area contributed by atoms with Gasteiger partial charge in [0.1, 0.15) is 24.6 Å². The molecule has 1 fully saturated rings. The van der Waals surface area contributed by atoms with Crippen LogP contribution in [-0.4, -0.2) is 139 Å². The third kappa shape index (κ3) is 17.3. The topological polar surface area (TPSA) is 192 Å². The van der Waals surface area contributed by atoms with Gasteiger partial charge >= 0.3 is 11.9 Å². The Balaban J connectivity index is 1.72. The van der Waals surface area contributed by atoms with Gasteiger partial charge in [0.2, 0.25) is 5.75 Å². The van der Waals surface area contributed by atoms with Gasteiger partial charge in [0.25, 0.3) is 5.91 Å². The molecule has 466 valence electrons. The summed E-state index contributed by atoms with van der Waals surface area (Å²) in [6.45, 7) is 29.2. The summed E-state index contributed by atoms with van der Waals surface area (Å²) >= 11 is 10.6. The molecule has 4 heterocycles. The molecule has 0 aliphatic carbocycles. The highest BCUT2D eigenvalue weighted by Crippen LogP contribution is 2.46. The van der Waals surface area contributed by atoms with Gasteiger partial charge in [-0.3, -0.25) is 14.4 Å². The first-order chi connectivity index (χ1) is 39.6. The van der Waals surface area contributed by atoms with E-state index in [2.05, 4.69) is 111 Å². The molecule has 3 aliphatic rings. The van der Waals surface area contributed by atoms with Crippen LogP contribution in [0.5, 0.6) is 28.7 Å². The zero-order chi connectivity index (χ0) is 63.7. The molecule has 3 aromatic rings. The van der Waals surface area contributed by atoms with Crippen LogP contribution >= 0.6 is 27.5 Å². The maximum atomic E-state index is 15.2. The molecule has 0 unspecified atom stereocenters. The van der Waals surface area contributed by atoms with Crippen LogP contribution in [0.1, 0.15) is 131 Å². The minimum absolute atomic E-state index is 0.0627. The van der Waals surface area contributed by atoms with Gasteiger partial charge in [-0.25, -0.2) is 4.98 Å². The van der Waals surface area contributed by atoms with Crippen molar-refractivity contribution in [3.63, 3.8) is 0 Å².